The number of nitrogens with one attached hydrogen (secondary N) is 2. The number of nitro benzene ring substituents is 1. The zero-order chi connectivity index (χ0) is 16.8. The van der Waals surface area contributed by atoms with Crippen molar-refractivity contribution in [2.45, 2.75) is 26.8 Å². The summed E-state index contributed by atoms with van der Waals surface area (Å²) in [6.45, 7) is 4.72. The van der Waals surface area contributed by atoms with E-state index >= 15 is 0 Å². The number of imidazole rings is 1. The van der Waals surface area contributed by atoms with Gasteiger partial charge in [0.2, 0.25) is 0 Å². The molecule has 1 aromatic heterocycles. The first-order valence-electron chi connectivity index (χ1n) is 7.23. The number of benzene rings is 1. The summed E-state index contributed by atoms with van der Waals surface area (Å²) in [6, 6.07) is 2.69. The lowest BCUT2D eigenvalue weighted by atomic mass is 10.1. The summed E-state index contributed by atoms with van der Waals surface area (Å²) in [5.74, 6) is 0. The number of aryl methyl sites for hydroxylation is 3. The lowest BCUT2D eigenvalue weighted by Crippen LogP contribution is -2.30. The van der Waals surface area contributed by atoms with Crippen LogP contribution < -0.4 is 10.6 Å². The van der Waals surface area contributed by atoms with Gasteiger partial charge >= 0.3 is 6.03 Å². The number of hydrogen-bond acceptors (Lipinski definition) is 4. The fourth-order valence-electron chi connectivity index (χ4n) is 2.22. The zero-order valence-electron chi connectivity index (χ0n) is 13.1. The van der Waals surface area contributed by atoms with E-state index in [4.69, 9.17) is 0 Å². The van der Waals surface area contributed by atoms with E-state index in [1.165, 1.54) is 6.07 Å². The highest BCUT2D eigenvalue weighted by Crippen LogP contribution is 2.26. The van der Waals surface area contributed by atoms with Crippen LogP contribution in [0.4, 0.5) is 16.2 Å². The van der Waals surface area contributed by atoms with Crippen molar-refractivity contribution in [2.24, 2.45) is 0 Å². The van der Waals surface area contributed by atoms with Crippen LogP contribution in [0, 0.1) is 24.0 Å². The molecule has 2 aromatic rings. The normalized spacial score (nSPS) is 10.3. The van der Waals surface area contributed by atoms with Crippen LogP contribution in [0.1, 0.15) is 17.5 Å². The van der Waals surface area contributed by atoms with Gasteiger partial charge in [0, 0.05) is 37.1 Å². The molecule has 0 aliphatic carbocycles. The van der Waals surface area contributed by atoms with Crippen LogP contribution in [-0.2, 0) is 6.54 Å². The van der Waals surface area contributed by atoms with Crippen molar-refractivity contribution in [3.05, 3.63) is 52.1 Å². The van der Waals surface area contributed by atoms with Crippen molar-refractivity contribution >= 4 is 17.4 Å². The Hall–Kier alpha value is -2.90. The summed E-state index contributed by atoms with van der Waals surface area (Å²) in [7, 11) is 0. The topological polar surface area (TPSA) is 102 Å². The lowest BCUT2D eigenvalue weighted by molar-refractivity contribution is -0.385. The third-order valence-electron chi connectivity index (χ3n) is 3.43. The number of urea groups is 1. The smallest absolute Gasteiger partial charge is 0.319 e. The molecule has 0 fully saturated rings. The molecule has 1 aromatic carbocycles. The Morgan fingerprint density at radius 2 is 2.13 bits per heavy atom. The minimum Gasteiger partial charge on any atom is -0.338 e. The number of hydrogen-bond donors (Lipinski definition) is 2. The molecule has 0 atom stereocenters. The van der Waals surface area contributed by atoms with E-state index in [9.17, 15) is 14.9 Å². The number of nitrogens with zero attached hydrogens (tertiary/aromatic N) is 3. The van der Waals surface area contributed by atoms with Gasteiger partial charge in [0.05, 0.1) is 16.9 Å². The van der Waals surface area contributed by atoms with Crippen molar-refractivity contribution in [1.82, 2.24) is 14.9 Å². The second-order valence-corrected chi connectivity index (χ2v) is 5.25. The molecule has 2 rings (SSSR count). The number of aromatic nitrogens is 2. The van der Waals surface area contributed by atoms with Crippen LogP contribution in [0.5, 0.6) is 0 Å². The molecule has 0 aliphatic rings. The zero-order valence-corrected chi connectivity index (χ0v) is 13.1. The molecule has 122 valence electrons. The Bertz CT molecular complexity index is 697. The summed E-state index contributed by atoms with van der Waals surface area (Å²) in [6.07, 6.45) is 6.04. The number of nitro groups is 1. The summed E-state index contributed by atoms with van der Waals surface area (Å²) in [5.41, 5.74) is 1.78. The molecular formula is C15H19N5O3. The number of anilines is 1. The van der Waals surface area contributed by atoms with E-state index in [0.717, 1.165) is 18.5 Å². The van der Waals surface area contributed by atoms with E-state index in [1.54, 1.807) is 32.4 Å². The van der Waals surface area contributed by atoms with Crippen LogP contribution in [0.25, 0.3) is 0 Å². The molecule has 23 heavy (non-hydrogen) atoms. The summed E-state index contributed by atoms with van der Waals surface area (Å²) in [5, 5.41) is 16.3. The predicted octanol–water partition coefficient (Wildman–Crippen LogP) is 2.62. The van der Waals surface area contributed by atoms with Gasteiger partial charge in [-0.3, -0.25) is 10.1 Å². The number of carbonyl (C=O) groups is 1. The molecule has 0 spiro atoms. The molecule has 2 amide bonds. The summed E-state index contributed by atoms with van der Waals surface area (Å²) in [4.78, 5) is 26.3. The van der Waals surface area contributed by atoms with Crippen LogP contribution in [0.3, 0.4) is 0 Å². The van der Waals surface area contributed by atoms with Crippen LogP contribution in [0.15, 0.2) is 30.9 Å². The highest BCUT2D eigenvalue weighted by atomic mass is 16.6. The first-order valence-corrected chi connectivity index (χ1v) is 7.23. The molecule has 8 nitrogen and oxygen atoms in total. The summed E-state index contributed by atoms with van der Waals surface area (Å²) >= 11 is 0. The van der Waals surface area contributed by atoms with Crippen molar-refractivity contribution in [1.29, 1.82) is 0 Å². The minimum atomic E-state index is -0.455. The first-order chi connectivity index (χ1) is 11.0. The Kier molecular flexibility index (Phi) is 5.29. The minimum absolute atomic E-state index is 0.00833. The van der Waals surface area contributed by atoms with Gasteiger partial charge in [-0.1, -0.05) is 0 Å². The van der Waals surface area contributed by atoms with Crippen molar-refractivity contribution in [2.75, 3.05) is 11.9 Å². The average molecular weight is 317 g/mol. The average Bonchev–Trinajstić information content (AvgIpc) is 2.99. The van der Waals surface area contributed by atoms with Gasteiger partial charge in [-0.25, -0.2) is 9.78 Å². The quantitative estimate of drug-likeness (QED) is 0.485. The van der Waals surface area contributed by atoms with Crippen molar-refractivity contribution in [3.8, 4) is 0 Å². The Morgan fingerprint density at radius 1 is 1.35 bits per heavy atom. The first kappa shape index (κ1) is 16.5. The predicted molar refractivity (Wildman–Crippen MR) is 86.4 cm³/mol. The van der Waals surface area contributed by atoms with Crippen LogP contribution in [-0.4, -0.2) is 27.1 Å². The largest absolute Gasteiger partial charge is 0.338 e. The van der Waals surface area contributed by atoms with E-state index in [1.807, 2.05) is 10.8 Å². The maximum atomic E-state index is 11.9. The molecule has 0 radical (unpaired) electrons. The van der Waals surface area contributed by atoms with E-state index in [2.05, 4.69) is 15.6 Å². The Labute approximate surface area is 133 Å². The lowest BCUT2D eigenvalue weighted by Gasteiger charge is -2.11. The maximum Gasteiger partial charge on any atom is 0.319 e. The Balaban J connectivity index is 1.87. The molecule has 0 bridgehead atoms. The van der Waals surface area contributed by atoms with Gasteiger partial charge < -0.3 is 15.2 Å². The molecule has 1 heterocycles. The highest BCUT2D eigenvalue weighted by molar-refractivity contribution is 5.90. The molecule has 8 heteroatoms. The fourth-order valence-corrected chi connectivity index (χ4v) is 2.22. The van der Waals surface area contributed by atoms with Gasteiger partial charge in [0.1, 0.15) is 0 Å². The number of carbonyl (C=O) groups excluding carboxylic acids is 1. The van der Waals surface area contributed by atoms with E-state index < -0.39 is 4.92 Å². The van der Waals surface area contributed by atoms with Crippen LogP contribution >= 0.6 is 0 Å². The van der Waals surface area contributed by atoms with Gasteiger partial charge in [-0.05, 0) is 31.9 Å². The molecular weight excluding hydrogens is 298 g/mol. The second kappa shape index (κ2) is 7.39. The molecule has 0 aliphatic heterocycles. The third kappa shape index (κ3) is 4.53. The van der Waals surface area contributed by atoms with E-state index in [0.29, 0.717) is 17.8 Å². The van der Waals surface area contributed by atoms with Gasteiger partial charge in [0.15, 0.2) is 0 Å². The second-order valence-electron chi connectivity index (χ2n) is 5.25. The van der Waals surface area contributed by atoms with Crippen molar-refractivity contribution < 1.29 is 9.72 Å². The monoisotopic (exact) mass is 317 g/mol. The van der Waals surface area contributed by atoms with Gasteiger partial charge in [0.25, 0.3) is 5.69 Å². The van der Waals surface area contributed by atoms with Gasteiger partial charge in [-0.2, -0.15) is 0 Å². The number of rotatable bonds is 6. The molecule has 0 unspecified atom stereocenters. The SMILES string of the molecule is Cc1cc(C)c([N+](=O)[O-])cc1NC(=O)NCCCn1ccnc1. The third-order valence-corrected chi connectivity index (χ3v) is 3.43. The van der Waals surface area contributed by atoms with Gasteiger partial charge in [-0.15, -0.1) is 0 Å². The number of amides is 2. The molecule has 0 saturated heterocycles. The highest BCUT2D eigenvalue weighted by Gasteiger charge is 2.14. The van der Waals surface area contributed by atoms with E-state index in [-0.39, 0.29) is 11.7 Å². The standard InChI is InChI=1S/C15H19N5O3/c1-11-8-12(2)14(20(22)23)9-13(11)18-15(21)17-4-3-6-19-7-5-16-10-19/h5,7-10H,3-4,6H2,1-2H3,(H2,17,18,21). The van der Waals surface area contributed by atoms with Crippen molar-refractivity contribution in [3.63, 3.8) is 0 Å². The summed E-state index contributed by atoms with van der Waals surface area (Å²) < 4.78 is 1.92. The fraction of sp³-hybridized carbons (Fsp3) is 0.333. The van der Waals surface area contributed by atoms with Crippen LogP contribution in [0.2, 0.25) is 0 Å². The Morgan fingerprint density at radius 3 is 2.78 bits per heavy atom. The molecule has 0 saturated carbocycles. The molecule has 2 N–H and O–H groups in total. The maximum absolute atomic E-state index is 11.9.